The van der Waals surface area contributed by atoms with Gasteiger partial charge in [0.2, 0.25) is 10.1 Å². The number of nitrogens with zero attached hydrogens (tertiary/aromatic N) is 2. The van der Waals surface area contributed by atoms with Gasteiger partial charge in [0, 0.05) is 5.69 Å². The summed E-state index contributed by atoms with van der Waals surface area (Å²) in [4.78, 5) is 11.6. The third kappa shape index (κ3) is 4.47. The summed E-state index contributed by atoms with van der Waals surface area (Å²) in [6, 6.07) is 1.52. The molecular weight excluding hydrogens is 386 g/mol. The Kier molecular flexibility index (Phi) is 4.90. The number of alkyl halides is 6. The van der Waals surface area contributed by atoms with Gasteiger partial charge in [0.25, 0.3) is 0 Å². The molecule has 1 aromatic carbocycles. The molecular formula is C11H5ClF6N4OS. The highest BCUT2D eigenvalue weighted by atomic mass is 35.5. The minimum atomic E-state index is -4.73. The van der Waals surface area contributed by atoms with E-state index < -0.39 is 39.1 Å². The van der Waals surface area contributed by atoms with Gasteiger partial charge in [-0.3, -0.25) is 5.32 Å². The van der Waals surface area contributed by atoms with Crippen LogP contribution in [0.1, 0.15) is 10.6 Å². The quantitative estimate of drug-likeness (QED) is 0.719. The first-order valence-electron chi connectivity index (χ1n) is 5.82. The van der Waals surface area contributed by atoms with Gasteiger partial charge >= 0.3 is 18.4 Å². The van der Waals surface area contributed by atoms with Crippen LogP contribution >= 0.6 is 22.9 Å². The summed E-state index contributed by atoms with van der Waals surface area (Å²) in [5.41, 5.74) is -1.43. The summed E-state index contributed by atoms with van der Waals surface area (Å²) < 4.78 is 75.1. The number of halogens is 7. The molecule has 0 aliphatic heterocycles. The maximum Gasteiger partial charge on any atom is 0.445 e. The molecule has 1 heterocycles. The van der Waals surface area contributed by atoms with E-state index in [9.17, 15) is 31.1 Å². The lowest BCUT2D eigenvalue weighted by molar-refractivity contribution is -0.138. The second-order valence-corrected chi connectivity index (χ2v) is 5.57. The number of anilines is 2. The molecule has 0 aliphatic rings. The summed E-state index contributed by atoms with van der Waals surface area (Å²) in [7, 11) is 0. The molecule has 24 heavy (non-hydrogen) atoms. The van der Waals surface area contributed by atoms with Crippen LogP contribution < -0.4 is 10.6 Å². The van der Waals surface area contributed by atoms with E-state index in [1.54, 1.807) is 0 Å². The Hall–Kier alpha value is -2.08. The van der Waals surface area contributed by atoms with Crippen LogP contribution in [0, 0.1) is 0 Å². The number of carbonyl (C=O) groups excluding carboxylic acids is 1. The third-order valence-corrected chi connectivity index (χ3v) is 3.63. The summed E-state index contributed by atoms with van der Waals surface area (Å²) in [6.45, 7) is 0. The zero-order valence-corrected chi connectivity index (χ0v) is 12.7. The molecule has 2 rings (SSSR count). The van der Waals surface area contributed by atoms with Gasteiger partial charge < -0.3 is 5.32 Å². The van der Waals surface area contributed by atoms with E-state index in [4.69, 9.17) is 11.6 Å². The largest absolute Gasteiger partial charge is 0.445 e. The van der Waals surface area contributed by atoms with Crippen LogP contribution in [0.2, 0.25) is 5.02 Å². The van der Waals surface area contributed by atoms with Crippen molar-refractivity contribution in [3.8, 4) is 0 Å². The number of nitrogens with one attached hydrogen (secondary N) is 2. The standard InChI is InChI=1S/C11H5ClF6N4OS/c12-6-2-1-4(3-5(6)10(13,14)15)19-8(23)20-9-22-21-7(24-9)11(16,17)18/h1-3H,(H2,19,20,22,23). The SMILES string of the molecule is O=C(Nc1ccc(Cl)c(C(F)(F)F)c1)Nc1nnc(C(F)(F)F)s1. The van der Waals surface area contributed by atoms with Gasteiger partial charge in [-0.1, -0.05) is 22.9 Å². The predicted molar refractivity (Wildman–Crippen MR) is 74.0 cm³/mol. The molecule has 0 aliphatic carbocycles. The Labute approximate surface area is 138 Å². The molecule has 1 aromatic heterocycles. The fraction of sp³-hybridized carbons (Fsp3) is 0.182. The van der Waals surface area contributed by atoms with E-state index in [2.05, 4.69) is 10.2 Å². The Bertz CT molecular complexity index is 760. The third-order valence-electron chi connectivity index (χ3n) is 2.42. The lowest BCUT2D eigenvalue weighted by Gasteiger charge is -2.11. The van der Waals surface area contributed by atoms with E-state index in [0.717, 1.165) is 12.1 Å². The van der Waals surface area contributed by atoms with E-state index in [1.165, 1.54) is 0 Å². The van der Waals surface area contributed by atoms with Crippen LogP contribution in [0.5, 0.6) is 0 Å². The Morgan fingerprint density at radius 1 is 1.04 bits per heavy atom. The van der Waals surface area contributed by atoms with E-state index >= 15 is 0 Å². The molecule has 0 saturated heterocycles. The van der Waals surface area contributed by atoms with Crippen molar-refractivity contribution < 1.29 is 31.1 Å². The number of carbonyl (C=O) groups is 1. The van der Waals surface area contributed by atoms with Crippen LogP contribution in [-0.2, 0) is 12.4 Å². The summed E-state index contributed by atoms with van der Waals surface area (Å²) in [5, 5.41) is 7.61. The van der Waals surface area contributed by atoms with Gasteiger partial charge in [-0.05, 0) is 18.2 Å². The Morgan fingerprint density at radius 3 is 2.25 bits per heavy atom. The average Bonchev–Trinajstić information content (AvgIpc) is 2.88. The molecule has 0 spiro atoms. The number of hydrogen-bond acceptors (Lipinski definition) is 4. The molecule has 0 radical (unpaired) electrons. The van der Waals surface area contributed by atoms with Crippen molar-refractivity contribution in [2.24, 2.45) is 0 Å². The van der Waals surface area contributed by atoms with Gasteiger partial charge in [0.15, 0.2) is 0 Å². The lowest BCUT2D eigenvalue weighted by Crippen LogP contribution is -2.19. The topological polar surface area (TPSA) is 66.9 Å². The van der Waals surface area contributed by atoms with Crippen molar-refractivity contribution in [1.82, 2.24) is 10.2 Å². The molecule has 0 fully saturated rings. The van der Waals surface area contributed by atoms with Crippen molar-refractivity contribution in [3.05, 3.63) is 33.8 Å². The van der Waals surface area contributed by atoms with Gasteiger partial charge in [0.05, 0.1) is 10.6 Å². The van der Waals surface area contributed by atoms with Crippen LogP contribution in [0.15, 0.2) is 18.2 Å². The van der Waals surface area contributed by atoms with Crippen LogP contribution in [0.3, 0.4) is 0 Å². The number of benzene rings is 1. The van der Waals surface area contributed by atoms with Crippen molar-refractivity contribution in [2.75, 3.05) is 10.6 Å². The minimum absolute atomic E-state index is 0.0683. The van der Waals surface area contributed by atoms with Crippen molar-refractivity contribution in [3.63, 3.8) is 0 Å². The first-order chi connectivity index (χ1) is 11.0. The second-order valence-electron chi connectivity index (χ2n) is 4.18. The first-order valence-corrected chi connectivity index (χ1v) is 7.01. The highest BCUT2D eigenvalue weighted by molar-refractivity contribution is 7.15. The predicted octanol–water partition coefficient (Wildman–Crippen LogP) is 4.87. The fourth-order valence-corrected chi connectivity index (χ4v) is 2.30. The summed E-state index contributed by atoms with van der Waals surface area (Å²) >= 11 is 5.49. The van der Waals surface area contributed by atoms with Gasteiger partial charge in [-0.2, -0.15) is 26.3 Å². The Morgan fingerprint density at radius 2 is 1.71 bits per heavy atom. The van der Waals surface area contributed by atoms with Crippen molar-refractivity contribution >= 4 is 39.8 Å². The van der Waals surface area contributed by atoms with Crippen LogP contribution in [0.25, 0.3) is 0 Å². The van der Waals surface area contributed by atoms with Crippen molar-refractivity contribution in [1.29, 1.82) is 0 Å². The maximum atomic E-state index is 12.7. The average molecular weight is 391 g/mol. The van der Waals surface area contributed by atoms with Crippen LogP contribution in [-0.4, -0.2) is 16.2 Å². The smallest absolute Gasteiger partial charge is 0.308 e. The van der Waals surface area contributed by atoms with Gasteiger partial charge in [0.1, 0.15) is 0 Å². The molecule has 2 N–H and O–H groups in total. The van der Waals surface area contributed by atoms with E-state index in [0.29, 0.717) is 6.07 Å². The molecule has 2 amide bonds. The zero-order chi connectivity index (χ0) is 18.1. The summed E-state index contributed by atoms with van der Waals surface area (Å²) in [5.74, 6) is 0. The summed E-state index contributed by atoms with van der Waals surface area (Å²) in [6.07, 6.45) is -9.45. The minimum Gasteiger partial charge on any atom is -0.308 e. The van der Waals surface area contributed by atoms with Crippen molar-refractivity contribution in [2.45, 2.75) is 12.4 Å². The van der Waals surface area contributed by atoms with Gasteiger partial charge in [-0.25, -0.2) is 4.79 Å². The molecule has 0 saturated carbocycles. The molecule has 2 aromatic rings. The molecule has 0 unspecified atom stereocenters. The zero-order valence-electron chi connectivity index (χ0n) is 11.1. The lowest BCUT2D eigenvalue weighted by atomic mass is 10.2. The molecule has 0 bridgehead atoms. The first kappa shape index (κ1) is 18.3. The number of urea groups is 1. The monoisotopic (exact) mass is 390 g/mol. The van der Waals surface area contributed by atoms with Crippen LogP contribution in [0.4, 0.5) is 42.0 Å². The normalized spacial score (nSPS) is 12.1. The number of amides is 2. The number of aromatic nitrogens is 2. The maximum absolute atomic E-state index is 12.7. The second kappa shape index (κ2) is 6.43. The number of rotatable bonds is 2. The highest BCUT2D eigenvalue weighted by Crippen LogP contribution is 2.36. The van der Waals surface area contributed by atoms with E-state index in [1.807, 2.05) is 10.6 Å². The number of hydrogen-bond donors (Lipinski definition) is 2. The highest BCUT2D eigenvalue weighted by Gasteiger charge is 2.36. The molecule has 130 valence electrons. The molecule has 5 nitrogen and oxygen atoms in total. The van der Waals surface area contributed by atoms with E-state index in [-0.39, 0.29) is 17.0 Å². The fourth-order valence-electron chi connectivity index (χ4n) is 1.47. The molecule has 0 atom stereocenters. The van der Waals surface area contributed by atoms with Gasteiger partial charge in [-0.15, -0.1) is 10.2 Å². The molecule has 13 heteroatoms. The Balaban J connectivity index is 2.09.